The molecule has 4 nitrogen and oxygen atoms in total. The number of carbonyl (C=O) groups is 2. The average Bonchev–Trinajstić information content (AvgIpc) is 2.26. The van der Waals surface area contributed by atoms with Crippen molar-refractivity contribution in [3.8, 4) is 0 Å². The summed E-state index contributed by atoms with van der Waals surface area (Å²) in [5, 5.41) is 8.90. The Morgan fingerprint density at radius 2 is 1.94 bits per heavy atom. The second-order valence-corrected chi connectivity index (χ2v) is 4.92. The molecule has 1 saturated carbocycles. The lowest BCUT2D eigenvalue weighted by molar-refractivity contribution is -0.153. The molecule has 0 aromatic rings. The van der Waals surface area contributed by atoms with Crippen LogP contribution in [0, 0.1) is 17.8 Å². The molecule has 1 rings (SSSR count). The summed E-state index contributed by atoms with van der Waals surface area (Å²) in [6.07, 6.45) is 2.69. The van der Waals surface area contributed by atoms with Crippen LogP contribution in [-0.4, -0.2) is 23.7 Å². The van der Waals surface area contributed by atoms with Crippen molar-refractivity contribution >= 4 is 11.9 Å². The first-order valence-corrected chi connectivity index (χ1v) is 5.90. The zero-order valence-corrected chi connectivity index (χ0v) is 9.94. The van der Waals surface area contributed by atoms with Gasteiger partial charge in [-0.2, -0.15) is 0 Å². The average molecular weight is 228 g/mol. The SMILES string of the molecule is CC(C)COC(=O)C1CCCC(C(=O)O)C1. The molecule has 0 amide bonds. The van der Waals surface area contributed by atoms with E-state index in [2.05, 4.69) is 0 Å². The van der Waals surface area contributed by atoms with E-state index in [-0.39, 0.29) is 17.8 Å². The van der Waals surface area contributed by atoms with Crippen LogP contribution in [-0.2, 0) is 14.3 Å². The van der Waals surface area contributed by atoms with Crippen molar-refractivity contribution in [2.45, 2.75) is 39.5 Å². The Hall–Kier alpha value is -1.06. The predicted octanol–water partition coefficient (Wildman–Crippen LogP) is 2.08. The van der Waals surface area contributed by atoms with Gasteiger partial charge >= 0.3 is 11.9 Å². The van der Waals surface area contributed by atoms with E-state index >= 15 is 0 Å². The van der Waals surface area contributed by atoms with E-state index in [4.69, 9.17) is 9.84 Å². The highest BCUT2D eigenvalue weighted by molar-refractivity contribution is 5.75. The molecule has 0 aromatic heterocycles. The summed E-state index contributed by atoms with van der Waals surface area (Å²) in [5.41, 5.74) is 0. The lowest BCUT2D eigenvalue weighted by Gasteiger charge is -2.25. The fourth-order valence-corrected chi connectivity index (χ4v) is 1.99. The second-order valence-electron chi connectivity index (χ2n) is 4.92. The molecular weight excluding hydrogens is 208 g/mol. The van der Waals surface area contributed by atoms with E-state index < -0.39 is 5.97 Å². The number of hydrogen-bond acceptors (Lipinski definition) is 3. The molecule has 0 bridgehead atoms. The monoisotopic (exact) mass is 228 g/mol. The van der Waals surface area contributed by atoms with Crippen LogP contribution < -0.4 is 0 Å². The van der Waals surface area contributed by atoms with Gasteiger partial charge < -0.3 is 9.84 Å². The van der Waals surface area contributed by atoms with Crippen LogP contribution in [0.2, 0.25) is 0 Å². The quantitative estimate of drug-likeness (QED) is 0.748. The Kier molecular flexibility index (Phi) is 4.77. The Balaban J connectivity index is 2.41. The maximum absolute atomic E-state index is 11.7. The summed E-state index contributed by atoms with van der Waals surface area (Å²) in [4.78, 5) is 22.5. The van der Waals surface area contributed by atoms with Crippen LogP contribution >= 0.6 is 0 Å². The lowest BCUT2D eigenvalue weighted by Crippen LogP contribution is -2.29. The number of hydrogen-bond donors (Lipinski definition) is 1. The van der Waals surface area contributed by atoms with Crippen molar-refractivity contribution in [1.82, 2.24) is 0 Å². The summed E-state index contributed by atoms with van der Waals surface area (Å²) in [7, 11) is 0. The van der Waals surface area contributed by atoms with Gasteiger partial charge in [-0.25, -0.2) is 0 Å². The van der Waals surface area contributed by atoms with Crippen LogP contribution in [0.4, 0.5) is 0 Å². The second kappa shape index (κ2) is 5.87. The molecule has 1 fully saturated rings. The highest BCUT2D eigenvalue weighted by Crippen LogP contribution is 2.30. The van der Waals surface area contributed by atoms with Gasteiger partial charge in [-0.1, -0.05) is 20.3 Å². The van der Waals surface area contributed by atoms with Gasteiger partial charge in [0.05, 0.1) is 18.4 Å². The van der Waals surface area contributed by atoms with E-state index in [0.717, 1.165) is 12.8 Å². The largest absolute Gasteiger partial charge is 0.481 e. The van der Waals surface area contributed by atoms with Crippen molar-refractivity contribution in [2.75, 3.05) is 6.61 Å². The molecule has 1 aliphatic carbocycles. The number of aliphatic carboxylic acids is 1. The van der Waals surface area contributed by atoms with Crippen molar-refractivity contribution < 1.29 is 19.4 Å². The Morgan fingerprint density at radius 3 is 2.50 bits per heavy atom. The van der Waals surface area contributed by atoms with Crippen LogP contribution in [0.15, 0.2) is 0 Å². The minimum Gasteiger partial charge on any atom is -0.481 e. The summed E-state index contributed by atoms with van der Waals surface area (Å²) in [6, 6.07) is 0. The van der Waals surface area contributed by atoms with Crippen molar-refractivity contribution in [2.24, 2.45) is 17.8 Å². The third kappa shape index (κ3) is 3.83. The normalized spacial score (nSPS) is 25.4. The molecule has 4 heteroatoms. The van der Waals surface area contributed by atoms with Gasteiger partial charge in [0.15, 0.2) is 0 Å². The number of ether oxygens (including phenoxy) is 1. The van der Waals surface area contributed by atoms with Gasteiger partial charge in [-0.3, -0.25) is 9.59 Å². The zero-order chi connectivity index (χ0) is 12.1. The summed E-state index contributed by atoms with van der Waals surface area (Å²) in [5.74, 6) is -1.28. The summed E-state index contributed by atoms with van der Waals surface area (Å²) in [6.45, 7) is 4.38. The van der Waals surface area contributed by atoms with Crippen molar-refractivity contribution in [1.29, 1.82) is 0 Å². The molecule has 0 aliphatic heterocycles. The molecule has 2 unspecified atom stereocenters. The predicted molar refractivity (Wildman–Crippen MR) is 58.9 cm³/mol. The van der Waals surface area contributed by atoms with Crippen LogP contribution in [0.25, 0.3) is 0 Å². The van der Waals surface area contributed by atoms with Gasteiger partial charge in [0.2, 0.25) is 0 Å². The molecule has 1 N–H and O–H groups in total. The molecule has 1 aliphatic rings. The van der Waals surface area contributed by atoms with E-state index in [1.165, 1.54) is 0 Å². The molecule has 0 saturated heterocycles. The van der Waals surface area contributed by atoms with Crippen LogP contribution in [0.5, 0.6) is 0 Å². The topological polar surface area (TPSA) is 63.6 Å². The minimum atomic E-state index is -0.790. The molecule has 16 heavy (non-hydrogen) atoms. The fourth-order valence-electron chi connectivity index (χ4n) is 1.99. The number of esters is 1. The maximum atomic E-state index is 11.7. The lowest BCUT2D eigenvalue weighted by atomic mass is 9.81. The van der Waals surface area contributed by atoms with Crippen LogP contribution in [0.3, 0.4) is 0 Å². The molecule has 0 spiro atoms. The van der Waals surface area contributed by atoms with Crippen molar-refractivity contribution in [3.63, 3.8) is 0 Å². The highest BCUT2D eigenvalue weighted by Gasteiger charge is 2.31. The minimum absolute atomic E-state index is 0.214. The molecule has 0 heterocycles. The first-order valence-electron chi connectivity index (χ1n) is 5.90. The third-order valence-corrected chi connectivity index (χ3v) is 2.92. The first-order chi connectivity index (χ1) is 7.50. The Labute approximate surface area is 96.0 Å². The van der Waals surface area contributed by atoms with E-state index in [9.17, 15) is 9.59 Å². The third-order valence-electron chi connectivity index (χ3n) is 2.92. The van der Waals surface area contributed by atoms with Gasteiger partial charge in [-0.05, 0) is 25.2 Å². The molecule has 2 atom stereocenters. The smallest absolute Gasteiger partial charge is 0.308 e. The molecular formula is C12H20O4. The number of carbonyl (C=O) groups excluding carboxylic acids is 1. The summed E-state index contributed by atoms with van der Waals surface area (Å²) < 4.78 is 5.14. The molecule has 0 aromatic carbocycles. The van der Waals surface area contributed by atoms with E-state index in [1.54, 1.807) is 0 Å². The molecule has 0 radical (unpaired) electrons. The van der Waals surface area contributed by atoms with Gasteiger partial charge in [0.1, 0.15) is 0 Å². The van der Waals surface area contributed by atoms with Gasteiger partial charge in [-0.15, -0.1) is 0 Å². The standard InChI is InChI=1S/C12H20O4/c1-8(2)7-16-12(15)10-5-3-4-9(6-10)11(13)14/h8-10H,3-7H2,1-2H3,(H,13,14). The van der Waals surface area contributed by atoms with E-state index in [0.29, 0.717) is 25.4 Å². The maximum Gasteiger partial charge on any atom is 0.308 e. The number of rotatable bonds is 4. The van der Waals surface area contributed by atoms with Crippen molar-refractivity contribution in [3.05, 3.63) is 0 Å². The zero-order valence-electron chi connectivity index (χ0n) is 9.94. The highest BCUT2D eigenvalue weighted by atomic mass is 16.5. The number of carboxylic acids is 1. The Morgan fingerprint density at radius 1 is 1.31 bits per heavy atom. The summed E-state index contributed by atoms with van der Waals surface area (Å²) >= 11 is 0. The Bertz CT molecular complexity index is 260. The fraction of sp³-hybridized carbons (Fsp3) is 0.833. The molecule has 92 valence electrons. The van der Waals surface area contributed by atoms with Gasteiger partial charge in [0.25, 0.3) is 0 Å². The van der Waals surface area contributed by atoms with Crippen LogP contribution in [0.1, 0.15) is 39.5 Å². The number of carboxylic acid groups (broad SMARTS) is 1. The van der Waals surface area contributed by atoms with E-state index in [1.807, 2.05) is 13.8 Å². The first kappa shape index (κ1) is 13.0. The van der Waals surface area contributed by atoms with Gasteiger partial charge in [0, 0.05) is 0 Å².